The van der Waals surface area contributed by atoms with Gasteiger partial charge in [-0.05, 0) is 36.1 Å². The second kappa shape index (κ2) is 9.84. The molecule has 1 atom stereocenters. The number of anilines is 1. The van der Waals surface area contributed by atoms with E-state index in [2.05, 4.69) is 10.6 Å². The molecule has 2 aromatic carbocycles. The number of para-hydroxylation sites is 1. The van der Waals surface area contributed by atoms with Crippen molar-refractivity contribution in [3.8, 4) is 11.5 Å². The van der Waals surface area contributed by atoms with Gasteiger partial charge in [0.15, 0.2) is 11.5 Å². The fraction of sp³-hybridized carbons (Fsp3) is 0.263. The van der Waals surface area contributed by atoms with Crippen LogP contribution in [0, 0.1) is 0 Å². The van der Waals surface area contributed by atoms with Gasteiger partial charge in [-0.3, -0.25) is 9.59 Å². The average Bonchev–Trinajstić information content (AvgIpc) is 2.71. The van der Waals surface area contributed by atoms with Gasteiger partial charge in [0.05, 0.1) is 26.0 Å². The number of hydrogen-bond acceptors (Lipinski definition) is 6. The van der Waals surface area contributed by atoms with Gasteiger partial charge in [0, 0.05) is 11.4 Å². The number of aliphatic hydroxyl groups is 1. The number of aliphatic hydroxyl groups excluding tert-OH is 1. The predicted octanol–water partition coefficient (Wildman–Crippen LogP) is 2.21. The molecule has 0 radical (unpaired) electrons. The maximum absolute atomic E-state index is 12.1. The minimum absolute atomic E-state index is 0.119. The molecule has 0 spiro atoms. The van der Waals surface area contributed by atoms with Gasteiger partial charge in [-0.25, -0.2) is 0 Å². The number of carbonyl (C=O) groups excluding carboxylic acids is 2. The normalized spacial score (nSPS) is 11.4. The van der Waals surface area contributed by atoms with Gasteiger partial charge in [0.1, 0.15) is 0 Å². The highest BCUT2D eigenvalue weighted by Crippen LogP contribution is 2.29. The van der Waals surface area contributed by atoms with Crippen LogP contribution in [0.3, 0.4) is 0 Å². The number of methoxy groups -OCH3 is 2. The zero-order valence-corrected chi connectivity index (χ0v) is 16.1. The summed E-state index contributed by atoms with van der Waals surface area (Å²) < 4.78 is 10.3. The minimum Gasteiger partial charge on any atom is -0.493 e. The summed E-state index contributed by atoms with van der Waals surface area (Å²) in [4.78, 5) is 24.9. The topological polar surface area (TPSA) is 96.9 Å². The summed E-state index contributed by atoms with van der Waals surface area (Å²) in [6, 6.07) is 12.1. The summed E-state index contributed by atoms with van der Waals surface area (Å²) in [7, 11) is 3.01. The molecule has 2 rings (SSSR count). The highest BCUT2D eigenvalue weighted by atomic mass is 32.2. The van der Waals surface area contributed by atoms with Gasteiger partial charge in [0.2, 0.25) is 0 Å². The van der Waals surface area contributed by atoms with E-state index in [1.165, 1.54) is 26.0 Å². The lowest BCUT2D eigenvalue weighted by atomic mass is 10.1. The Morgan fingerprint density at radius 1 is 1.07 bits per heavy atom. The average molecular weight is 390 g/mol. The summed E-state index contributed by atoms with van der Waals surface area (Å²) >= 11 is 1.46. The second-order valence-corrected chi connectivity index (χ2v) is 6.34. The van der Waals surface area contributed by atoms with Crippen LogP contribution in [-0.4, -0.2) is 43.9 Å². The van der Waals surface area contributed by atoms with Crippen LogP contribution in [0.15, 0.2) is 47.4 Å². The van der Waals surface area contributed by atoms with Crippen molar-refractivity contribution >= 4 is 29.3 Å². The van der Waals surface area contributed by atoms with Crippen LogP contribution in [0.5, 0.6) is 11.5 Å². The van der Waals surface area contributed by atoms with Crippen LogP contribution in [0.1, 0.15) is 11.7 Å². The third-order valence-electron chi connectivity index (χ3n) is 3.81. The molecule has 144 valence electrons. The van der Waals surface area contributed by atoms with E-state index in [4.69, 9.17) is 9.47 Å². The Hall–Kier alpha value is -2.71. The largest absolute Gasteiger partial charge is 0.493 e. The van der Waals surface area contributed by atoms with Gasteiger partial charge >= 0.3 is 11.8 Å². The molecule has 0 aliphatic rings. The maximum Gasteiger partial charge on any atom is 0.313 e. The van der Waals surface area contributed by atoms with Crippen LogP contribution in [-0.2, 0) is 9.59 Å². The van der Waals surface area contributed by atoms with Gasteiger partial charge in [-0.2, -0.15) is 0 Å². The van der Waals surface area contributed by atoms with Gasteiger partial charge in [0.25, 0.3) is 0 Å². The smallest absolute Gasteiger partial charge is 0.313 e. The highest BCUT2D eigenvalue weighted by Gasteiger charge is 2.18. The first-order valence-corrected chi connectivity index (χ1v) is 9.34. The Kier molecular flexibility index (Phi) is 7.51. The quantitative estimate of drug-likeness (QED) is 0.495. The van der Waals surface area contributed by atoms with Crippen molar-refractivity contribution in [1.82, 2.24) is 5.32 Å². The lowest BCUT2D eigenvalue weighted by Crippen LogP contribution is -2.37. The van der Waals surface area contributed by atoms with Crippen LogP contribution >= 0.6 is 11.8 Å². The molecule has 0 aromatic heterocycles. The van der Waals surface area contributed by atoms with Crippen LogP contribution in [0.2, 0.25) is 0 Å². The van der Waals surface area contributed by atoms with E-state index in [1.807, 2.05) is 18.4 Å². The first-order chi connectivity index (χ1) is 13.0. The fourth-order valence-corrected chi connectivity index (χ4v) is 2.93. The Morgan fingerprint density at radius 2 is 1.78 bits per heavy atom. The first-order valence-electron chi connectivity index (χ1n) is 8.12. The Morgan fingerprint density at radius 3 is 2.44 bits per heavy atom. The second-order valence-electron chi connectivity index (χ2n) is 5.49. The molecule has 0 aliphatic heterocycles. The molecule has 3 N–H and O–H groups in total. The lowest BCUT2D eigenvalue weighted by molar-refractivity contribution is -0.136. The monoisotopic (exact) mass is 390 g/mol. The standard InChI is InChI=1S/C19H22N2O5S/c1-25-15-9-8-12(10-16(15)26-2)14(22)11-20-18(23)19(24)21-13-6-4-5-7-17(13)27-3/h4-10,14,22H,11H2,1-3H3,(H,20,23)(H,21,24). The number of nitrogens with one attached hydrogen (secondary N) is 2. The highest BCUT2D eigenvalue weighted by molar-refractivity contribution is 7.98. The van der Waals surface area contributed by atoms with E-state index in [9.17, 15) is 14.7 Å². The Bertz CT molecular complexity index is 812. The van der Waals surface area contributed by atoms with Crippen molar-refractivity contribution in [2.75, 3.05) is 32.3 Å². The van der Waals surface area contributed by atoms with Crippen LogP contribution < -0.4 is 20.1 Å². The van der Waals surface area contributed by atoms with Crippen molar-refractivity contribution < 1.29 is 24.2 Å². The maximum atomic E-state index is 12.1. The third kappa shape index (κ3) is 5.38. The van der Waals surface area contributed by atoms with Gasteiger partial charge in [-0.1, -0.05) is 18.2 Å². The van der Waals surface area contributed by atoms with E-state index in [1.54, 1.807) is 30.3 Å². The minimum atomic E-state index is -1.000. The number of thioether (sulfide) groups is 1. The summed E-state index contributed by atoms with van der Waals surface area (Å²) in [5, 5.41) is 15.3. The predicted molar refractivity (Wildman–Crippen MR) is 104 cm³/mol. The molecule has 0 bridgehead atoms. The molecular weight excluding hydrogens is 368 g/mol. The van der Waals surface area contributed by atoms with Crippen molar-refractivity contribution in [3.63, 3.8) is 0 Å². The zero-order valence-electron chi connectivity index (χ0n) is 15.3. The number of benzene rings is 2. The van der Waals surface area contributed by atoms with Gasteiger partial charge < -0.3 is 25.2 Å². The molecule has 7 nitrogen and oxygen atoms in total. The number of rotatable bonds is 7. The zero-order chi connectivity index (χ0) is 19.8. The van der Waals surface area contributed by atoms with E-state index in [-0.39, 0.29) is 6.54 Å². The van der Waals surface area contributed by atoms with Crippen molar-refractivity contribution in [2.24, 2.45) is 0 Å². The number of carbonyl (C=O) groups is 2. The molecule has 0 heterocycles. The summed E-state index contributed by atoms with van der Waals surface area (Å²) in [5.74, 6) is -0.627. The van der Waals surface area contributed by atoms with Crippen molar-refractivity contribution in [1.29, 1.82) is 0 Å². The SMILES string of the molecule is COc1ccc(C(O)CNC(=O)C(=O)Nc2ccccc2SC)cc1OC. The lowest BCUT2D eigenvalue weighted by Gasteiger charge is -2.15. The van der Waals surface area contributed by atoms with Crippen molar-refractivity contribution in [3.05, 3.63) is 48.0 Å². The number of ether oxygens (including phenoxy) is 2. The molecule has 1 unspecified atom stereocenters. The number of hydrogen-bond donors (Lipinski definition) is 3. The fourth-order valence-electron chi connectivity index (χ4n) is 2.37. The third-order valence-corrected chi connectivity index (χ3v) is 4.61. The number of amides is 2. The molecular formula is C19H22N2O5S. The Labute approximate surface area is 162 Å². The summed E-state index contributed by atoms with van der Waals surface area (Å²) in [6.07, 6.45) is 0.880. The van der Waals surface area contributed by atoms with E-state index in [0.29, 0.717) is 22.7 Å². The molecule has 0 aliphatic carbocycles. The van der Waals surface area contributed by atoms with Gasteiger partial charge in [-0.15, -0.1) is 11.8 Å². The molecule has 0 saturated heterocycles. The van der Waals surface area contributed by atoms with E-state index in [0.717, 1.165) is 4.90 Å². The molecule has 2 aromatic rings. The summed E-state index contributed by atoms with van der Waals surface area (Å²) in [5.41, 5.74) is 1.09. The molecule has 0 fully saturated rings. The molecule has 27 heavy (non-hydrogen) atoms. The first kappa shape index (κ1) is 20.6. The molecule has 8 heteroatoms. The molecule has 0 saturated carbocycles. The Balaban J connectivity index is 1.95. The van der Waals surface area contributed by atoms with Crippen LogP contribution in [0.25, 0.3) is 0 Å². The van der Waals surface area contributed by atoms with Crippen molar-refractivity contribution in [2.45, 2.75) is 11.0 Å². The summed E-state index contributed by atoms with van der Waals surface area (Å²) in [6.45, 7) is -0.119. The molecule has 2 amide bonds. The van der Waals surface area contributed by atoms with E-state index < -0.39 is 17.9 Å². The van der Waals surface area contributed by atoms with E-state index >= 15 is 0 Å². The van der Waals surface area contributed by atoms with Crippen LogP contribution in [0.4, 0.5) is 5.69 Å².